The number of carbonyl (C=O) groups excluding carboxylic acids is 1. The maximum absolute atomic E-state index is 11.8. The molecule has 0 spiro atoms. The Morgan fingerprint density at radius 2 is 1.90 bits per heavy atom. The third kappa shape index (κ3) is 3.85. The third-order valence-electron chi connectivity index (χ3n) is 2.77. The van der Waals surface area contributed by atoms with Crippen LogP contribution in [0.2, 0.25) is 0 Å². The van der Waals surface area contributed by atoms with E-state index in [-0.39, 0.29) is 12.5 Å². The molecule has 2 rings (SSSR count). The van der Waals surface area contributed by atoms with Crippen LogP contribution in [0.5, 0.6) is 0 Å². The van der Waals surface area contributed by atoms with Crippen molar-refractivity contribution in [1.82, 2.24) is 0 Å². The number of carbonyl (C=O) groups is 1. The average molecular weight is 265 g/mol. The van der Waals surface area contributed by atoms with Crippen LogP contribution in [0.3, 0.4) is 0 Å². The highest BCUT2D eigenvalue weighted by atomic mass is 16.1. The fourth-order valence-electron chi connectivity index (χ4n) is 1.77. The Labute approximate surface area is 118 Å². The van der Waals surface area contributed by atoms with Crippen LogP contribution in [0.25, 0.3) is 0 Å². The maximum Gasteiger partial charge on any atom is 0.243 e. The van der Waals surface area contributed by atoms with Gasteiger partial charge in [0.05, 0.1) is 18.2 Å². The summed E-state index contributed by atoms with van der Waals surface area (Å²) in [4.78, 5) is 11.8. The van der Waals surface area contributed by atoms with Crippen molar-refractivity contribution < 1.29 is 4.79 Å². The monoisotopic (exact) mass is 265 g/mol. The van der Waals surface area contributed by atoms with Gasteiger partial charge in [0.1, 0.15) is 0 Å². The molecule has 0 aliphatic heterocycles. The predicted octanol–water partition coefficient (Wildman–Crippen LogP) is 2.92. The number of hydrogen-bond acceptors (Lipinski definition) is 3. The van der Waals surface area contributed by atoms with E-state index >= 15 is 0 Å². The number of benzene rings is 2. The molecule has 0 aliphatic rings. The van der Waals surface area contributed by atoms with E-state index in [9.17, 15) is 4.79 Å². The van der Waals surface area contributed by atoms with Crippen molar-refractivity contribution >= 4 is 17.3 Å². The highest BCUT2D eigenvalue weighted by molar-refractivity contribution is 5.93. The minimum Gasteiger partial charge on any atom is -0.376 e. The Balaban J connectivity index is 1.87. The molecule has 100 valence electrons. The molecule has 0 atom stereocenters. The van der Waals surface area contributed by atoms with Crippen molar-refractivity contribution in [3.63, 3.8) is 0 Å². The van der Waals surface area contributed by atoms with Crippen LogP contribution in [0.1, 0.15) is 11.1 Å². The van der Waals surface area contributed by atoms with Crippen molar-refractivity contribution in [2.45, 2.75) is 6.92 Å². The van der Waals surface area contributed by atoms with E-state index in [1.807, 2.05) is 37.3 Å². The maximum atomic E-state index is 11.8. The first kappa shape index (κ1) is 13.6. The number of hydrogen-bond donors (Lipinski definition) is 2. The molecule has 2 N–H and O–H groups in total. The van der Waals surface area contributed by atoms with Gasteiger partial charge in [-0.05, 0) is 48.9 Å². The summed E-state index contributed by atoms with van der Waals surface area (Å²) >= 11 is 0. The van der Waals surface area contributed by atoms with Gasteiger partial charge < -0.3 is 10.6 Å². The largest absolute Gasteiger partial charge is 0.376 e. The summed E-state index contributed by atoms with van der Waals surface area (Å²) in [5.74, 6) is -0.111. The summed E-state index contributed by atoms with van der Waals surface area (Å²) in [6.07, 6.45) is 0. The van der Waals surface area contributed by atoms with E-state index in [0.717, 1.165) is 16.9 Å². The highest BCUT2D eigenvalue weighted by Gasteiger charge is 2.02. The third-order valence-corrected chi connectivity index (χ3v) is 2.77. The van der Waals surface area contributed by atoms with Crippen molar-refractivity contribution in [2.75, 3.05) is 17.2 Å². The minimum absolute atomic E-state index is 0.111. The number of nitrogens with one attached hydrogen (secondary N) is 2. The van der Waals surface area contributed by atoms with E-state index in [4.69, 9.17) is 5.26 Å². The standard InChI is InChI=1S/C16H15N3O/c1-12-3-2-4-15(9-12)19-16(20)11-18-14-7-5-13(10-17)6-8-14/h2-9,18H,11H2,1H3,(H,19,20). The zero-order chi connectivity index (χ0) is 14.4. The summed E-state index contributed by atoms with van der Waals surface area (Å²) in [5.41, 5.74) is 3.29. The fourth-order valence-corrected chi connectivity index (χ4v) is 1.77. The van der Waals surface area contributed by atoms with Crippen LogP contribution in [0.4, 0.5) is 11.4 Å². The smallest absolute Gasteiger partial charge is 0.243 e. The fraction of sp³-hybridized carbons (Fsp3) is 0.125. The van der Waals surface area contributed by atoms with Crippen molar-refractivity contribution in [3.8, 4) is 6.07 Å². The van der Waals surface area contributed by atoms with E-state index in [0.29, 0.717) is 5.56 Å². The molecule has 0 aromatic heterocycles. The molecule has 0 heterocycles. The zero-order valence-electron chi connectivity index (χ0n) is 11.2. The average Bonchev–Trinajstić information content (AvgIpc) is 2.46. The van der Waals surface area contributed by atoms with Gasteiger partial charge in [0.2, 0.25) is 5.91 Å². The molecular weight excluding hydrogens is 250 g/mol. The summed E-state index contributed by atoms with van der Waals surface area (Å²) in [6.45, 7) is 2.16. The first-order chi connectivity index (χ1) is 9.67. The lowest BCUT2D eigenvalue weighted by atomic mass is 10.2. The van der Waals surface area contributed by atoms with Gasteiger partial charge in [0, 0.05) is 11.4 Å². The Hall–Kier alpha value is -2.80. The number of nitriles is 1. The number of aryl methyl sites for hydroxylation is 1. The zero-order valence-corrected chi connectivity index (χ0v) is 11.2. The van der Waals surface area contributed by atoms with Gasteiger partial charge in [-0.1, -0.05) is 12.1 Å². The molecule has 0 bridgehead atoms. The molecule has 0 saturated heterocycles. The second-order valence-corrected chi connectivity index (χ2v) is 4.46. The molecule has 0 unspecified atom stereocenters. The molecule has 4 nitrogen and oxygen atoms in total. The van der Waals surface area contributed by atoms with Crippen molar-refractivity contribution in [3.05, 3.63) is 59.7 Å². The topological polar surface area (TPSA) is 64.9 Å². The summed E-state index contributed by atoms with van der Waals surface area (Å²) in [7, 11) is 0. The van der Waals surface area contributed by atoms with Gasteiger partial charge in [-0.15, -0.1) is 0 Å². The molecule has 4 heteroatoms. The number of nitrogens with zero attached hydrogens (tertiary/aromatic N) is 1. The minimum atomic E-state index is -0.111. The van der Waals surface area contributed by atoms with Gasteiger partial charge in [-0.25, -0.2) is 0 Å². The second kappa shape index (κ2) is 6.39. The first-order valence-electron chi connectivity index (χ1n) is 6.28. The predicted molar refractivity (Wildman–Crippen MR) is 79.5 cm³/mol. The van der Waals surface area contributed by atoms with Crippen LogP contribution >= 0.6 is 0 Å². The quantitative estimate of drug-likeness (QED) is 0.893. The van der Waals surface area contributed by atoms with Gasteiger partial charge in [0.25, 0.3) is 0 Å². The van der Waals surface area contributed by atoms with Gasteiger partial charge in [-0.2, -0.15) is 5.26 Å². The Kier molecular flexibility index (Phi) is 4.35. The molecule has 2 aromatic carbocycles. The molecular formula is C16H15N3O. The lowest BCUT2D eigenvalue weighted by Crippen LogP contribution is -2.21. The molecule has 0 fully saturated rings. The highest BCUT2D eigenvalue weighted by Crippen LogP contribution is 2.10. The van der Waals surface area contributed by atoms with E-state index in [1.54, 1.807) is 24.3 Å². The Morgan fingerprint density at radius 3 is 2.55 bits per heavy atom. The molecule has 2 aromatic rings. The van der Waals surface area contributed by atoms with E-state index in [1.165, 1.54) is 0 Å². The lowest BCUT2D eigenvalue weighted by Gasteiger charge is -2.08. The van der Waals surface area contributed by atoms with E-state index in [2.05, 4.69) is 10.6 Å². The number of amides is 1. The molecule has 20 heavy (non-hydrogen) atoms. The first-order valence-corrected chi connectivity index (χ1v) is 6.28. The van der Waals surface area contributed by atoms with Crippen molar-refractivity contribution in [2.24, 2.45) is 0 Å². The Bertz CT molecular complexity index is 642. The normalized spacial score (nSPS) is 9.60. The SMILES string of the molecule is Cc1cccc(NC(=O)CNc2ccc(C#N)cc2)c1. The summed E-state index contributed by atoms with van der Waals surface area (Å²) < 4.78 is 0. The van der Waals surface area contributed by atoms with Crippen LogP contribution in [0, 0.1) is 18.3 Å². The second-order valence-electron chi connectivity index (χ2n) is 4.46. The summed E-state index contributed by atoms with van der Waals surface area (Å²) in [6, 6.07) is 16.7. The Morgan fingerprint density at radius 1 is 1.15 bits per heavy atom. The molecule has 1 amide bonds. The van der Waals surface area contributed by atoms with Crippen LogP contribution in [-0.4, -0.2) is 12.5 Å². The summed E-state index contributed by atoms with van der Waals surface area (Å²) in [5, 5.41) is 14.5. The number of anilines is 2. The van der Waals surface area contributed by atoms with Crippen LogP contribution in [-0.2, 0) is 4.79 Å². The lowest BCUT2D eigenvalue weighted by molar-refractivity contribution is -0.114. The molecule has 0 radical (unpaired) electrons. The van der Waals surface area contributed by atoms with Crippen LogP contribution < -0.4 is 10.6 Å². The van der Waals surface area contributed by atoms with Gasteiger partial charge in [-0.3, -0.25) is 4.79 Å². The number of rotatable bonds is 4. The molecule has 0 aliphatic carbocycles. The molecule has 0 saturated carbocycles. The van der Waals surface area contributed by atoms with Gasteiger partial charge >= 0.3 is 0 Å². The van der Waals surface area contributed by atoms with Gasteiger partial charge in [0.15, 0.2) is 0 Å². The van der Waals surface area contributed by atoms with Crippen LogP contribution in [0.15, 0.2) is 48.5 Å². The van der Waals surface area contributed by atoms with E-state index < -0.39 is 0 Å². The van der Waals surface area contributed by atoms with Crippen molar-refractivity contribution in [1.29, 1.82) is 5.26 Å².